The summed E-state index contributed by atoms with van der Waals surface area (Å²) in [6, 6.07) is 9.20. The third-order valence-corrected chi connectivity index (χ3v) is 3.79. The standard InChI is InChI=1S/C16H26N2/c1-3-9-18(12-14-7-8-14)16(11-17)15-6-4-5-13(2)10-15/h4-6,10,14,16H,3,7-9,11-12,17H2,1-2H3. The van der Waals surface area contributed by atoms with Crippen LogP contribution in [0.15, 0.2) is 24.3 Å². The van der Waals surface area contributed by atoms with E-state index in [2.05, 4.69) is 43.0 Å². The molecule has 0 radical (unpaired) electrons. The van der Waals surface area contributed by atoms with E-state index in [1.165, 1.54) is 36.9 Å². The number of hydrogen-bond donors (Lipinski definition) is 1. The largest absolute Gasteiger partial charge is 0.329 e. The Morgan fingerprint density at radius 2 is 2.17 bits per heavy atom. The highest BCUT2D eigenvalue weighted by Crippen LogP contribution is 2.32. The molecule has 2 rings (SSSR count). The van der Waals surface area contributed by atoms with E-state index >= 15 is 0 Å². The molecule has 0 amide bonds. The molecular weight excluding hydrogens is 220 g/mol. The molecule has 0 aliphatic heterocycles. The third kappa shape index (κ3) is 3.56. The number of nitrogens with two attached hydrogens (primary N) is 1. The van der Waals surface area contributed by atoms with Crippen LogP contribution in [0.4, 0.5) is 0 Å². The van der Waals surface area contributed by atoms with Crippen molar-refractivity contribution >= 4 is 0 Å². The van der Waals surface area contributed by atoms with Crippen LogP contribution in [0.5, 0.6) is 0 Å². The normalized spacial score (nSPS) is 17.1. The van der Waals surface area contributed by atoms with E-state index in [0.717, 1.165) is 19.0 Å². The first-order valence-electron chi connectivity index (χ1n) is 7.25. The van der Waals surface area contributed by atoms with Gasteiger partial charge in [0.2, 0.25) is 0 Å². The van der Waals surface area contributed by atoms with E-state index in [4.69, 9.17) is 5.73 Å². The van der Waals surface area contributed by atoms with Gasteiger partial charge in [0, 0.05) is 19.1 Å². The van der Waals surface area contributed by atoms with E-state index in [-0.39, 0.29) is 0 Å². The summed E-state index contributed by atoms with van der Waals surface area (Å²) in [5.41, 5.74) is 8.75. The monoisotopic (exact) mass is 246 g/mol. The Morgan fingerprint density at radius 3 is 2.72 bits per heavy atom. The molecule has 1 aliphatic carbocycles. The van der Waals surface area contributed by atoms with Crippen molar-refractivity contribution in [3.8, 4) is 0 Å². The van der Waals surface area contributed by atoms with Gasteiger partial charge in [0.15, 0.2) is 0 Å². The molecule has 0 bridgehead atoms. The molecule has 0 aromatic heterocycles. The second-order valence-electron chi connectivity index (χ2n) is 5.60. The summed E-state index contributed by atoms with van der Waals surface area (Å²) in [7, 11) is 0. The van der Waals surface area contributed by atoms with Gasteiger partial charge >= 0.3 is 0 Å². The highest BCUT2D eigenvalue weighted by Gasteiger charge is 2.27. The fraction of sp³-hybridized carbons (Fsp3) is 0.625. The van der Waals surface area contributed by atoms with Crippen LogP contribution in [0.1, 0.15) is 43.4 Å². The molecule has 100 valence electrons. The summed E-state index contributed by atoms with van der Waals surface area (Å²) < 4.78 is 0. The molecule has 0 heterocycles. The minimum atomic E-state index is 0.394. The van der Waals surface area contributed by atoms with Gasteiger partial charge in [0.05, 0.1) is 0 Å². The van der Waals surface area contributed by atoms with Gasteiger partial charge in [-0.15, -0.1) is 0 Å². The Hall–Kier alpha value is -0.860. The lowest BCUT2D eigenvalue weighted by Crippen LogP contribution is -2.36. The summed E-state index contributed by atoms with van der Waals surface area (Å²) in [6.45, 7) is 7.51. The predicted molar refractivity (Wildman–Crippen MR) is 77.6 cm³/mol. The fourth-order valence-electron chi connectivity index (χ4n) is 2.67. The highest BCUT2D eigenvalue weighted by molar-refractivity contribution is 5.25. The smallest absolute Gasteiger partial charge is 0.0470 e. The summed E-state index contributed by atoms with van der Waals surface area (Å²) in [4.78, 5) is 2.59. The lowest BCUT2D eigenvalue weighted by molar-refractivity contribution is 0.193. The van der Waals surface area contributed by atoms with Gasteiger partial charge in [-0.25, -0.2) is 0 Å². The van der Waals surface area contributed by atoms with E-state index < -0.39 is 0 Å². The molecule has 1 saturated carbocycles. The van der Waals surface area contributed by atoms with Crippen molar-refractivity contribution in [1.29, 1.82) is 0 Å². The van der Waals surface area contributed by atoms with Crippen LogP contribution in [-0.4, -0.2) is 24.5 Å². The minimum absolute atomic E-state index is 0.394. The van der Waals surface area contributed by atoms with Crippen molar-refractivity contribution in [3.63, 3.8) is 0 Å². The summed E-state index contributed by atoms with van der Waals surface area (Å²) in [5.74, 6) is 0.926. The minimum Gasteiger partial charge on any atom is -0.329 e. The van der Waals surface area contributed by atoms with E-state index in [9.17, 15) is 0 Å². The Labute approximate surface area is 111 Å². The van der Waals surface area contributed by atoms with Crippen LogP contribution in [0.2, 0.25) is 0 Å². The van der Waals surface area contributed by atoms with Gasteiger partial charge < -0.3 is 5.73 Å². The zero-order chi connectivity index (χ0) is 13.0. The maximum Gasteiger partial charge on any atom is 0.0470 e. The average molecular weight is 246 g/mol. The summed E-state index contributed by atoms with van der Waals surface area (Å²) >= 11 is 0. The number of benzene rings is 1. The van der Waals surface area contributed by atoms with Gasteiger partial charge in [-0.1, -0.05) is 36.8 Å². The molecular formula is C16H26N2. The molecule has 2 N–H and O–H groups in total. The van der Waals surface area contributed by atoms with Crippen molar-refractivity contribution in [1.82, 2.24) is 4.90 Å². The molecule has 1 aliphatic rings. The van der Waals surface area contributed by atoms with Crippen LogP contribution in [-0.2, 0) is 0 Å². The molecule has 1 fully saturated rings. The summed E-state index contributed by atoms with van der Waals surface area (Å²) in [5, 5.41) is 0. The van der Waals surface area contributed by atoms with Crippen molar-refractivity contribution < 1.29 is 0 Å². The first-order chi connectivity index (χ1) is 8.74. The van der Waals surface area contributed by atoms with E-state index in [1.54, 1.807) is 0 Å². The van der Waals surface area contributed by atoms with Crippen molar-refractivity contribution in [3.05, 3.63) is 35.4 Å². The van der Waals surface area contributed by atoms with Crippen LogP contribution in [0.3, 0.4) is 0 Å². The number of aryl methyl sites for hydroxylation is 1. The maximum atomic E-state index is 6.04. The molecule has 2 nitrogen and oxygen atoms in total. The van der Waals surface area contributed by atoms with Crippen LogP contribution < -0.4 is 5.73 Å². The van der Waals surface area contributed by atoms with Gasteiger partial charge in [0.25, 0.3) is 0 Å². The topological polar surface area (TPSA) is 29.3 Å². The first-order valence-corrected chi connectivity index (χ1v) is 7.25. The molecule has 1 unspecified atom stereocenters. The molecule has 0 saturated heterocycles. The van der Waals surface area contributed by atoms with Crippen molar-refractivity contribution in [2.24, 2.45) is 11.7 Å². The average Bonchev–Trinajstić information content (AvgIpc) is 3.14. The first kappa shape index (κ1) is 13.6. The quantitative estimate of drug-likeness (QED) is 0.801. The summed E-state index contributed by atoms with van der Waals surface area (Å²) in [6.07, 6.45) is 4.02. The van der Waals surface area contributed by atoms with Gasteiger partial charge in [-0.2, -0.15) is 0 Å². The maximum absolute atomic E-state index is 6.04. The van der Waals surface area contributed by atoms with Gasteiger partial charge in [-0.05, 0) is 44.2 Å². The molecule has 2 heteroatoms. The van der Waals surface area contributed by atoms with Gasteiger partial charge in [0.1, 0.15) is 0 Å². The molecule has 1 aromatic rings. The number of rotatable bonds is 7. The Balaban J connectivity index is 2.12. The zero-order valence-electron chi connectivity index (χ0n) is 11.7. The number of nitrogens with zero attached hydrogens (tertiary/aromatic N) is 1. The van der Waals surface area contributed by atoms with Crippen molar-refractivity contribution in [2.75, 3.05) is 19.6 Å². The van der Waals surface area contributed by atoms with E-state index in [1.807, 2.05) is 0 Å². The lowest BCUT2D eigenvalue weighted by atomic mass is 10.0. The van der Waals surface area contributed by atoms with Crippen molar-refractivity contribution in [2.45, 2.75) is 39.2 Å². The predicted octanol–water partition coefficient (Wildman–Crippen LogP) is 3.12. The molecule has 1 atom stereocenters. The molecule has 18 heavy (non-hydrogen) atoms. The second kappa shape index (κ2) is 6.35. The van der Waals surface area contributed by atoms with Crippen LogP contribution in [0, 0.1) is 12.8 Å². The second-order valence-corrected chi connectivity index (χ2v) is 5.60. The fourth-order valence-corrected chi connectivity index (χ4v) is 2.67. The Bertz CT molecular complexity index is 371. The SMILES string of the molecule is CCCN(CC1CC1)C(CN)c1cccc(C)c1. The molecule has 0 spiro atoms. The van der Waals surface area contributed by atoms with Crippen LogP contribution in [0.25, 0.3) is 0 Å². The van der Waals surface area contributed by atoms with E-state index in [0.29, 0.717) is 6.04 Å². The zero-order valence-corrected chi connectivity index (χ0v) is 11.7. The number of hydrogen-bond acceptors (Lipinski definition) is 2. The lowest BCUT2D eigenvalue weighted by Gasteiger charge is -2.31. The van der Waals surface area contributed by atoms with Crippen LogP contribution >= 0.6 is 0 Å². The molecule has 1 aromatic carbocycles. The highest BCUT2D eigenvalue weighted by atomic mass is 15.2. The Kier molecular flexibility index (Phi) is 4.79. The third-order valence-electron chi connectivity index (χ3n) is 3.79. The Morgan fingerprint density at radius 1 is 1.39 bits per heavy atom. The van der Waals surface area contributed by atoms with Gasteiger partial charge in [-0.3, -0.25) is 4.90 Å².